The van der Waals surface area contributed by atoms with Crippen LogP contribution in [0.5, 0.6) is 0 Å². The first-order valence-corrected chi connectivity index (χ1v) is 10.1. The fourth-order valence-electron chi connectivity index (χ4n) is 3.78. The summed E-state index contributed by atoms with van der Waals surface area (Å²) in [5.41, 5.74) is 0. The Balaban J connectivity index is 1.31. The number of rotatable bonds is 6. The Labute approximate surface area is 148 Å². The van der Waals surface area contributed by atoms with E-state index in [1.165, 1.54) is 75.5 Å². The van der Waals surface area contributed by atoms with Gasteiger partial charge in [-0.2, -0.15) is 0 Å². The molecule has 5 heteroatoms. The summed E-state index contributed by atoms with van der Waals surface area (Å²) in [5, 5.41) is 3.07. The first-order valence-electron chi connectivity index (χ1n) is 9.10. The van der Waals surface area contributed by atoms with Gasteiger partial charge >= 0.3 is 0 Å². The lowest BCUT2D eigenvalue weighted by Gasteiger charge is -2.36. The molecule has 1 aliphatic heterocycles. The molecule has 1 aromatic carbocycles. The molecule has 0 aromatic heterocycles. The Kier molecular flexibility index (Phi) is 6.55. The maximum Gasteiger partial charge on any atom is 0.230 e. The van der Waals surface area contributed by atoms with Gasteiger partial charge in [0.2, 0.25) is 5.91 Å². The maximum absolute atomic E-state index is 12.8. The highest BCUT2D eigenvalue weighted by Crippen LogP contribution is 2.27. The van der Waals surface area contributed by atoms with Crippen LogP contribution in [0.3, 0.4) is 0 Å². The number of piperidine rings is 1. The van der Waals surface area contributed by atoms with Crippen molar-refractivity contribution in [3.05, 3.63) is 30.1 Å². The molecule has 0 bridgehead atoms. The van der Waals surface area contributed by atoms with E-state index in [9.17, 15) is 9.18 Å². The van der Waals surface area contributed by atoms with E-state index >= 15 is 0 Å². The summed E-state index contributed by atoms with van der Waals surface area (Å²) in [6.45, 7) is 3.17. The van der Waals surface area contributed by atoms with Crippen molar-refractivity contribution in [2.24, 2.45) is 5.92 Å². The average molecular weight is 351 g/mol. The number of carbonyl (C=O) groups excluding carboxylic acids is 1. The molecule has 0 unspecified atom stereocenters. The van der Waals surface area contributed by atoms with E-state index < -0.39 is 0 Å². The predicted octanol–water partition coefficient (Wildman–Crippen LogP) is 3.69. The van der Waals surface area contributed by atoms with Gasteiger partial charge in [0.1, 0.15) is 5.82 Å². The molecule has 1 aliphatic carbocycles. The highest BCUT2D eigenvalue weighted by molar-refractivity contribution is 8.00. The normalized spacial score (nSPS) is 20.4. The van der Waals surface area contributed by atoms with Crippen molar-refractivity contribution in [3.8, 4) is 0 Å². The molecule has 132 valence electrons. The van der Waals surface area contributed by atoms with Crippen LogP contribution < -0.4 is 5.32 Å². The Bertz CT molecular complexity index is 523. The van der Waals surface area contributed by atoms with Crippen molar-refractivity contribution in [1.82, 2.24) is 10.2 Å². The molecule has 1 saturated heterocycles. The average Bonchev–Trinajstić information content (AvgIpc) is 3.14. The van der Waals surface area contributed by atoms with Crippen LogP contribution in [0.15, 0.2) is 29.2 Å². The van der Waals surface area contributed by atoms with Crippen molar-refractivity contribution < 1.29 is 9.18 Å². The maximum atomic E-state index is 12.8. The smallest absolute Gasteiger partial charge is 0.230 e. The molecule has 1 saturated carbocycles. The lowest BCUT2D eigenvalue weighted by Crippen LogP contribution is -2.42. The quantitative estimate of drug-likeness (QED) is 0.794. The van der Waals surface area contributed by atoms with E-state index in [0.717, 1.165) is 17.5 Å². The number of amides is 1. The largest absolute Gasteiger partial charge is 0.355 e. The van der Waals surface area contributed by atoms with E-state index in [4.69, 9.17) is 0 Å². The number of halogens is 1. The van der Waals surface area contributed by atoms with E-state index in [1.54, 1.807) is 12.1 Å². The van der Waals surface area contributed by atoms with Crippen LogP contribution >= 0.6 is 11.8 Å². The van der Waals surface area contributed by atoms with Crippen LogP contribution in [0.1, 0.15) is 38.5 Å². The standard InChI is InChI=1S/C19H27FN2OS/c20-16-5-7-18(8-6-16)24-14-19(23)21-13-15-9-11-22(12-10-15)17-3-1-2-4-17/h5-8,15,17H,1-4,9-14H2,(H,21,23). The number of nitrogens with zero attached hydrogens (tertiary/aromatic N) is 1. The molecule has 2 fully saturated rings. The molecule has 3 rings (SSSR count). The van der Waals surface area contributed by atoms with E-state index in [-0.39, 0.29) is 11.7 Å². The zero-order valence-corrected chi connectivity index (χ0v) is 15.0. The second-order valence-electron chi connectivity index (χ2n) is 6.96. The summed E-state index contributed by atoms with van der Waals surface area (Å²) in [6.07, 6.45) is 7.94. The van der Waals surface area contributed by atoms with Gasteiger partial charge in [-0.15, -0.1) is 11.8 Å². The number of hydrogen-bond acceptors (Lipinski definition) is 3. The lowest BCUT2D eigenvalue weighted by atomic mass is 9.95. The summed E-state index contributed by atoms with van der Waals surface area (Å²) in [7, 11) is 0. The van der Waals surface area contributed by atoms with Gasteiger partial charge in [-0.3, -0.25) is 4.79 Å². The van der Waals surface area contributed by atoms with E-state index in [0.29, 0.717) is 11.7 Å². The topological polar surface area (TPSA) is 32.3 Å². The number of hydrogen-bond donors (Lipinski definition) is 1. The summed E-state index contributed by atoms with van der Waals surface area (Å²) in [4.78, 5) is 15.6. The second-order valence-corrected chi connectivity index (χ2v) is 8.01. The van der Waals surface area contributed by atoms with E-state index in [1.807, 2.05) is 0 Å². The Hall–Kier alpha value is -1.07. The third-order valence-corrected chi connectivity index (χ3v) is 6.27. The minimum absolute atomic E-state index is 0.0718. The molecule has 1 amide bonds. The molecule has 0 radical (unpaired) electrons. The Morgan fingerprint density at radius 3 is 2.46 bits per heavy atom. The van der Waals surface area contributed by atoms with Crippen molar-refractivity contribution in [3.63, 3.8) is 0 Å². The van der Waals surface area contributed by atoms with Crippen LogP contribution in [0.4, 0.5) is 4.39 Å². The fourth-order valence-corrected chi connectivity index (χ4v) is 4.51. The van der Waals surface area contributed by atoms with Gasteiger partial charge in [0.05, 0.1) is 5.75 Å². The molecular formula is C19H27FN2OS. The Morgan fingerprint density at radius 2 is 1.79 bits per heavy atom. The van der Waals surface area contributed by atoms with Gasteiger partial charge in [0.25, 0.3) is 0 Å². The van der Waals surface area contributed by atoms with E-state index in [2.05, 4.69) is 10.2 Å². The molecule has 24 heavy (non-hydrogen) atoms. The molecule has 1 heterocycles. The molecule has 0 atom stereocenters. The molecule has 1 N–H and O–H groups in total. The number of thioether (sulfide) groups is 1. The highest BCUT2D eigenvalue weighted by atomic mass is 32.2. The molecule has 3 nitrogen and oxygen atoms in total. The Morgan fingerprint density at radius 1 is 1.12 bits per heavy atom. The summed E-state index contributed by atoms with van der Waals surface area (Å²) < 4.78 is 12.8. The molecule has 0 spiro atoms. The monoisotopic (exact) mass is 350 g/mol. The summed E-state index contributed by atoms with van der Waals surface area (Å²) >= 11 is 1.45. The summed E-state index contributed by atoms with van der Waals surface area (Å²) in [6, 6.07) is 7.11. The first kappa shape index (κ1) is 17.7. The molecule has 2 aliphatic rings. The number of nitrogens with one attached hydrogen (secondary N) is 1. The van der Waals surface area contributed by atoms with Gasteiger partial charge in [-0.05, 0) is 69.0 Å². The third kappa shape index (κ3) is 5.21. The van der Waals surface area contributed by atoms with Crippen molar-refractivity contribution in [1.29, 1.82) is 0 Å². The highest BCUT2D eigenvalue weighted by Gasteiger charge is 2.27. The van der Waals surface area contributed by atoms with Crippen molar-refractivity contribution >= 4 is 17.7 Å². The SMILES string of the molecule is O=C(CSc1ccc(F)cc1)NCC1CCN(C2CCCC2)CC1. The number of carbonyl (C=O) groups is 1. The van der Waals surface area contributed by atoms with Crippen molar-refractivity contribution in [2.75, 3.05) is 25.4 Å². The molecule has 1 aromatic rings. The second kappa shape index (κ2) is 8.86. The van der Waals surface area contributed by atoms with Crippen LogP contribution in [-0.4, -0.2) is 42.2 Å². The van der Waals surface area contributed by atoms with Gasteiger partial charge in [0, 0.05) is 17.5 Å². The predicted molar refractivity (Wildman–Crippen MR) is 96.7 cm³/mol. The lowest BCUT2D eigenvalue weighted by molar-refractivity contribution is -0.118. The van der Waals surface area contributed by atoms with Gasteiger partial charge in [-0.25, -0.2) is 4.39 Å². The number of likely N-dealkylation sites (tertiary alicyclic amines) is 1. The van der Waals surface area contributed by atoms with Gasteiger partial charge < -0.3 is 10.2 Å². The minimum atomic E-state index is -0.243. The van der Waals surface area contributed by atoms with Gasteiger partial charge in [-0.1, -0.05) is 12.8 Å². The van der Waals surface area contributed by atoms with Crippen LogP contribution in [0, 0.1) is 11.7 Å². The zero-order valence-electron chi connectivity index (χ0n) is 14.2. The summed E-state index contributed by atoms with van der Waals surface area (Å²) in [5.74, 6) is 0.838. The first-order chi connectivity index (χ1) is 11.7. The van der Waals surface area contributed by atoms with Gasteiger partial charge in [0.15, 0.2) is 0 Å². The van der Waals surface area contributed by atoms with Crippen molar-refractivity contribution in [2.45, 2.75) is 49.5 Å². The fraction of sp³-hybridized carbons (Fsp3) is 0.632. The third-order valence-electron chi connectivity index (χ3n) is 5.26. The number of benzene rings is 1. The van der Waals surface area contributed by atoms with Crippen LogP contribution in [0.25, 0.3) is 0 Å². The molecular weight excluding hydrogens is 323 g/mol. The van der Waals surface area contributed by atoms with Crippen LogP contribution in [0.2, 0.25) is 0 Å². The minimum Gasteiger partial charge on any atom is -0.355 e. The van der Waals surface area contributed by atoms with Crippen LogP contribution in [-0.2, 0) is 4.79 Å². The zero-order chi connectivity index (χ0) is 16.8.